The molecule has 3 rings (SSSR count). The molecule has 0 aromatic heterocycles. The van der Waals surface area contributed by atoms with Crippen LogP contribution in [-0.4, -0.2) is 215 Å². The first-order valence-corrected chi connectivity index (χ1v) is 30.5. The van der Waals surface area contributed by atoms with Crippen LogP contribution >= 0.6 is 0 Å². The highest BCUT2D eigenvalue weighted by Gasteiger charge is 2.57. The van der Waals surface area contributed by atoms with Gasteiger partial charge in [0.2, 0.25) is 11.8 Å². The molecular formula is C58H106N2O21. The number of aliphatic hydroxyl groups excluding tert-OH is 11. The van der Waals surface area contributed by atoms with Crippen molar-refractivity contribution in [3.63, 3.8) is 0 Å². The highest BCUT2D eigenvalue weighted by atomic mass is 16.7. The molecule has 3 fully saturated rings. The lowest BCUT2D eigenvalue weighted by Crippen LogP contribution is -2.69. The molecule has 0 saturated carbocycles. The summed E-state index contributed by atoms with van der Waals surface area (Å²) in [4.78, 5) is 39.5. The van der Waals surface area contributed by atoms with Crippen molar-refractivity contribution in [2.24, 2.45) is 5.92 Å². The van der Waals surface area contributed by atoms with Crippen molar-refractivity contribution in [2.45, 2.75) is 304 Å². The summed E-state index contributed by atoms with van der Waals surface area (Å²) in [7, 11) is 0. The molecule has 0 aliphatic carbocycles. The number of rotatable bonds is 43. The predicted octanol–water partition coefficient (Wildman–Crippen LogP) is 2.63. The van der Waals surface area contributed by atoms with E-state index in [-0.39, 0.29) is 12.3 Å². The van der Waals surface area contributed by atoms with Crippen LogP contribution in [0.3, 0.4) is 0 Å². The topological polar surface area (TPSA) is 373 Å². The Morgan fingerprint density at radius 3 is 1.79 bits per heavy atom. The van der Waals surface area contributed by atoms with E-state index in [9.17, 15) is 75.7 Å². The van der Waals surface area contributed by atoms with Gasteiger partial charge in [0.25, 0.3) is 5.79 Å². The molecular weight excluding hydrogens is 1060 g/mol. The zero-order valence-electron chi connectivity index (χ0n) is 48.8. The molecule has 19 atom stereocenters. The molecule has 1 unspecified atom stereocenters. The number of carboxylic acids is 1. The van der Waals surface area contributed by atoms with Gasteiger partial charge in [0, 0.05) is 12.8 Å². The average molecular weight is 1170 g/mol. The van der Waals surface area contributed by atoms with Crippen LogP contribution in [-0.2, 0) is 42.8 Å². The molecule has 23 nitrogen and oxygen atoms in total. The fourth-order valence-corrected chi connectivity index (χ4v) is 10.4. The highest BCUT2D eigenvalue weighted by Crippen LogP contribution is 2.35. The number of allylic oxidation sites excluding steroid dienone is 1. The third kappa shape index (κ3) is 25.5. The SMILES string of the molecule is CCCCCCCCCCCCCCCCCC(=O)N[C@@H](CO[C@@H]1O[C@H](CO[C@]2(C(=O)O)C[C@H](O)[C@@H](NC(=O)CO[C@@H]3O[C@@H](C)[C@@H](O)[C@@H](O)[C@@H]3O)[C@H]([C@H](O)[C@H](O)CO)O2)[C@@H](O)[C@H](O)[C@H]1O)[C@H](O)/C=C/CCCCCCCCC(C)CC. The fourth-order valence-electron chi connectivity index (χ4n) is 10.4. The number of hydrogen-bond acceptors (Lipinski definition) is 20. The Morgan fingerprint density at radius 2 is 1.22 bits per heavy atom. The molecule has 23 heteroatoms. The third-order valence-electron chi connectivity index (χ3n) is 16.0. The van der Waals surface area contributed by atoms with Crippen LogP contribution in [0.5, 0.6) is 0 Å². The first-order chi connectivity index (χ1) is 38.7. The maximum Gasteiger partial charge on any atom is 0.364 e. The van der Waals surface area contributed by atoms with E-state index in [1.54, 1.807) is 6.08 Å². The monoisotopic (exact) mass is 1170 g/mol. The minimum Gasteiger partial charge on any atom is -0.477 e. The molecule has 81 heavy (non-hydrogen) atoms. The number of ether oxygens (including phenoxy) is 6. The molecule has 474 valence electrons. The zero-order valence-corrected chi connectivity index (χ0v) is 48.8. The summed E-state index contributed by atoms with van der Waals surface area (Å²) in [6, 6.07) is -2.79. The molecule has 0 aromatic rings. The summed E-state index contributed by atoms with van der Waals surface area (Å²) < 4.78 is 33.7. The number of carboxylic acid groups (broad SMARTS) is 1. The first kappa shape index (κ1) is 72.7. The summed E-state index contributed by atoms with van der Waals surface area (Å²) in [5.41, 5.74) is 0. The number of carbonyl (C=O) groups is 3. The van der Waals surface area contributed by atoms with Gasteiger partial charge >= 0.3 is 5.97 Å². The second kappa shape index (κ2) is 40.0. The van der Waals surface area contributed by atoms with Crippen molar-refractivity contribution in [2.75, 3.05) is 26.4 Å². The minimum atomic E-state index is -2.93. The quantitative estimate of drug-likeness (QED) is 0.0308. The van der Waals surface area contributed by atoms with Gasteiger partial charge in [0.05, 0.1) is 50.2 Å². The third-order valence-corrected chi connectivity index (χ3v) is 16.0. The lowest BCUT2D eigenvalue weighted by molar-refractivity contribution is -0.339. The van der Waals surface area contributed by atoms with E-state index in [0.29, 0.717) is 12.8 Å². The summed E-state index contributed by atoms with van der Waals surface area (Å²) in [5, 5.41) is 133. The molecule has 0 spiro atoms. The Balaban J connectivity index is 1.64. The van der Waals surface area contributed by atoms with Gasteiger partial charge in [-0.1, -0.05) is 168 Å². The molecule has 3 aliphatic heterocycles. The molecule has 3 heterocycles. The van der Waals surface area contributed by atoms with Gasteiger partial charge in [-0.3, -0.25) is 9.59 Å². The van der Waals surface area contributed by atoms with Crippen molar-refractivity contribution in [3.05, 3.63) is 12.2 Å². The Kier molecular flexibility index (Phi) is 35.9. The van der Waals surface area contributed by atoms with Crippen LogP contribution in [0, 0.1) is 5.92 Å². The van der Waals surface area contributed by atoms with Crippen molar-refractivity contribution in [3.8, 4) is 0 Å². The van der Waals surface area contributed by atoms with Crippen LogP contribution in [0.1, 0.15) is 195 Å². The lowest BCUT2D eigenvalue weighted by Gasteiger charge is -2.47. The number of aliphatic hydroxyl groups is 11. The second-order valence-electron chi connectivity index (χ2n) is 22.9. The standard InChI is InChI=1S/C58H106N2O21/c1-5-7-8-9-10-11-12-13-14-15-16-17-22-25-28-31-44(65)59-39(40(62)30-27-24-21-19-18-20-23-26-29-37(3)6-2)34-76-56-53(73)51(71)49(69)43(80-56)35-78-58(57(74)75)32-41(63)46(54(81-58)48(68)42(64)33-61)60-45(66)36-77-55-52(72)50(70)47(67)38(4)79-55/h27,30,37-43,46-56,61-64,67-73H,5-26,28-29,31-36H2,1-4H3,(H,59,65)(H,60,66)(H,74,75)/b30-27+/t37?,38-,39-,40+,41-,42+,43+,46+,47+,48+,49+,50+,51-,52-,53+,54+,55+,56+,58+/m0/s1. The summed E-state index contributed by atoms with van der Waals surface area (Å²) in [6.45, 7) is 4.68. The number of carbonyl (C=O) groups excluding carboxylic acids is 2. The Labute approximate surface area is 480 Å². The maximum absolute atomic E-state index is 13.4. The van der Waals surface area contributed by atoms with Crippen molar-refractivity contribution in [1.29, 1.82) is 0 Å². The molecule has 0 bridgehead atoms. The van der Waals surface area contributed by atoms with Gasteiger partial charge in [0.1, 0.15) is 67.6 Å². The van der Waals surface area contributed by atoms with Crippen molar-refractivity contribution < 1.29 is 104 Å². The van der Waals surface area contributed by atoms with Crippen LogP contribution in [0.2, 0.25) is 0 Å². The van der Waals surface area contributed by atoms with E-state index in [0.717, 1.165) is 57.3 Å². The average Bonchev–Trinajstić information content (AvgIpc) is 3.44. The highest BCUT2D eigenvalue weighted by molar-refractivity contribution is 5.78. The van der Waals surface area contributed by atoms with E-state index in [2.05, 4.69) is 31.4 Å². The summed E-state index contributed by atoms with van der Waals surface area (Å²) in [6.07, 6.45) is 3.60. The largest absolute Gasteiger partial charge is 0.477 e. The van der Waals surface area contributed by atoms with Crippen molar-refractivity contribution in [1.82, 2.24) is 10.6 Å². The Morgan fingerprint density at radius 1 is 0.679 bits per heavy atom. The van der Waals surface area contributed by atoms with Gasteiger partial charge in [-0.05, 0) is 32.1 Å². The van der Waals surface area contributed by atoms with Gasteiger partial charge in [-0.25, -0.2) is 4.79 Å². The van der Waals surface area contributed by atoms with Gasteiger partial charge in [0.15, 0.2) is 12.6 Å². The number of aliphatic carboxylic acids is 1. The van der Waals surface area contributed by atoms with Gasteiger partial charge in [-0.2, -0.15) is 0 Å². The van der Waals surface area contributed by atoms with Crippen LogP contribution in [0.4, 0.5) is 0 Å². The molecule has 0 radical (unpaired) electrons. The van der Waals surface area contributed by atoms with E-state index in [4.69, 9.17) is 28.4 Å². The first-order valence-electron chi connectivity index (χ1n) is 30.5. The van der Waals surface area contributed by atoms with Gasteiger partial charge in [-0.15, -0.1) is 0 Å². The van der Waals surface area contributed by atoms with Crippen molar-refractivity contribution >= 4 is 17.8 Å². The summed E-state index contributed by atoms with van der Waals surface area (Å²) >= 11 is 0. The second-order valence-corrected chi connectivity index (χ2v) is 22.9. The van der Waals surface area contributed by atoms with E-state index in [1.807, 2.05) is 6.08 Å². The van der Waals surface area contributed by atoms with E-state index >= 15 is 0 Å². The van der Waals surface area contributed by atoms with Gasteiger partial charge < -0.3 is 100 Å². The zero-order chi connectivity index (χ0) is 59.9. The molecule has 14 N–H and O–H groups in total. The Bertz CT molecular complexity index is 1740. The molecule has 3 aliphatic rings. The summed E-state index contributed by atoms with van der Waals surface area (Å²) in [5.74, 6) is -5.49. The number of unbranched alkanes of at least 4 members (excludes halogenated alkanes) is 20. The van der Waals surface area contributed by atoms with Crippen LogP contribution in [0.25, 0.3) is 0 Å². The molecule has 0 aromatic carbocycles. The van der Waals surface area contributed by atoms with Crippen LogP contribution < -0.4 is 10.6 Å². The smallest absolute Gasteiger partial charge is 0.364 e. The maximum atomic E-state index is 13.4. The molecule has 2 amide bonds. The van der Waals surface area contributed by atoms with E-state index < -0.39 is 155 Å². The fraction of sp³-hybridized carbons (Fsp3) is 0.914. The number of hydrogen-bond donors (Lipinski definition) is 14. The van der Waals surface area contributed by atoms with E-state index in [1.165, 1.54) is 96.8 Å². The van der Waals surface area contributed by atoms with Crippen LogP contribution in [0.15, 0.2) is 12.2 Å². The predicted molar refractivity (Wildman–Crippen MR) is 297 cm³/mol. The molecule has 3 saturated heterocycles. The Hall–Kier alpha value is -2.53. The minimum absolute atomic E-state index is 0.189. The number of nitrogens with one attached hydrogen (secondary N) is 2. The number of amides is 2. The lowest BCUT2D eigenvalue weighted by atomic mass is 9.88. The normalized spacial score (nSPS) is 30.9.